The SMILES string of the molecule is CCNC1CCCC1CN1CCSCC1C. The summed E-state index contributed by atoms with van der Waals surface area (Å²) in [6.45, 7) is 8.39. The number of hydrogen-bond donors (Lipinski definition) is 1. The van der Waals surface area contributed by atoms with Gasteiger partial charge in [0.05, 0.1) is 0 Å². The van der Waals surface area contributed by atoms with Crippen LogP contribution in [0.15, 0.2) is 0 Å². The molecule has 0 aromatic heterocycles. The smallest absolute Gasteiger partial charge is 0.0158 e. The van der Waals surface area contributed by atoms with Crippen LogP contribution in [0.25, 0.3) is 0 Å². The number of rotatable bonds is 4. The highest BCUT2D eigenvalue weighted by atomic mass is 32.2. The molecule has 0 spiro atoms. The molecular weight excluding hydrogens is 216 g/mol. The van der Waals surface area contributed by atoms with E-state index in [4.69, 9.17) is 0 Å². The van der Waals surface area contributed by atoms with E-state index in [1.807, 2.05) is 0 Å². The molecule has 3 heteroatoms. The highest BCUT2D eigenvalue weighted by molar-refractivity contribution is 7.99. The molecule has 2 fully saturated rings. The van der Waals surface area contributed by atoms with Gasteiger partial charge in [0.1, 0.15) is 0 Å². The third-order valence-electron chi connectivity index (χ3n) is 4.10. The maximum Gasteiger partial charge on any atom is 0.0158 e. The van der Waals surface area contributed by atoms with Crippen molar-refractivity contribution in [2.45, 2.75) is 45.2 Å². The largest absolute Gasteiger partial charge is 0.314 e. The molecule has 2 aliphatic rings. The first-order valence-corrected chi connectivity index (χ1v) is 8.02. The monoisotopic (exact) mass is 242 g/mol. The van der Waals surface area contributed by atoms with Gasteiger partial charge in [0, 0.05) is 36.7 Å². The molecule has 1 heterocycles. The maximum atomic E-state index is 3.67. The van der Waals surface area contributed by atoms with Crippen molar-refractivity contribution < 1.29 is 0 Å². The Bertz CT molecular complexity index is 210. The highest BCUT2D eigenvalue weighted by Crippen LogP contribution is 2.28. The van der Waals surface area contributed by atoms with Gasteiger partial charge < -0.3 is 5.32 Å². The van der Waals surface area contributed by atoms with E-state index in [2.05, 4.69) is 35.8 Å². The fourth-order valence-corrected chi connectivity index (χ4v) is 4.20. The van der Waals surface area contributed by atoms with E-state index < -0.39 is 0 Å². The molecule has 1 aliphatic carbocycles. The summed E-state index contributed by atoms with van der Waals surface area (Å²) in [4.78, 5) is 2.72. The van der Waals surface area contributed by atoms with Crippen LogP contribution in [0.3, 0.4) is 0 Å². The summed E-state index contributed by atoms with van der Waals surface area (Å²) in [5, 5.41) is 3.67. The lowest BCUT2D eigenvalue weighted by Crippen LogP contribution is -2.46. The molecule has 2 nitrogen and oxygen atoms in total. The number of thioether (sulfide) groups is 1. The Balaban J connectivity index is 1.82. The fourth-order valence-electron chi connectivity index (χ4n) is 3.12. The minimum atomic E-state index is 0.793. The van der Waals surface area contributed by atoms with Crippen LogP contribution in [0.1, 0.15) is 33.1 Å². The minimum Gasteiger partial charge on any atom is -0.314 e. The third kappa shape index (κ3) is 3.14. The average Bonchev–Trinajstić information content (AvgIpc) is 2.70. The second-order valence-corrected chi connectivity index (χ2v) is 6.42. The molecule has 94 valence electrons. The first-order valence-electron chi connectivity index (χ1n) is 6.86. The van der Waals surface area contributed by atoms with Crippen molar-refractivity contribution in [2.75, 3.05) is 31.1 Å². The van der Waals surface area contributed by atoms with Crippen LogP contribution in [0.2, 0.25) is 0 Å². The number of hydrogen-bond acceptors (Lipinski definition) is 3. The van der Waals surface area contributed by atoms with Gasteiger partial charge in [-0.15, -0.1) is 0 Å². The average molecular weight is 242 g/mol. The predicted molar refractivity (Wildman–Crippen MR) is 73.2 cm³/mol. The van der Waals surface area contributed by atoms with Crippen LogP contribution < -0.4 is 5.32 Å². The Hall–Kier alpha value is 0.270. The van der Waals surface area contributed by atoms with Crippen molar-refractivity contribution >= 4 is 11.8 Å². The van der Waals surface area contributed by atoms with Gasteiger partial charge in [0.2, 0.25) is 0 Å². The van der Waals surface area contributed by atoms with E-state index in [1.165, 1.54) is 43.9 Å². The van der Waals surface area contributed by atoms with Crippen molar-refractivity contribution in [3.05, 3.63) is 0 Å². The normalized spacial score (nSPS) is 36.8. The Morgan fingerprint density at radius 1 is 1.38 bits per heavy atom. The van der Waals surface area contributed by atoms with Crippen LogP contribution in [0, 0.1) is 5.92 Å². The van der Waals surface area contributed by atoms with E-state index >= 15 is 0 Å². The van der Waals surface area contributed by atoms with E-state index in [0.717, 1.165) is 24.5 Å². The zero-order valence-electron chi connectivity index (χ0n) is 10.7. The highest BCUT2D eigenvalue weighted by Gasteiger charge is 2.30. The van der Waals surface area contributed by atoms with Gasteiger partial charge in [-0.2, -0.15) is 11.8 Å². The maximum absolute atomic E-state index is 3.67. The quantitative estimate of drug-likeness (QED) is 0.814. The van der Waals surface area contributed by atoms with Crippen LogP contribution in [0.4, 0.5) is 0 Å². The molecule has 1 N–H and O–H groups in total. The second kappa shape index (κ2) is 6.27. The van der Waals surface area contributed by atoms with Gasteiger partial charge in [-0.05, 0) is 32.2 Å². The van der Waals surface area contributed by atoms with Crippen LogP contribution in [0.5, 0.6) is 0 Å². The molecule has 16 heavy (non-hydrogen) atoms. The van der Waals surface area contributed by atoms with Gasteiger partial charge in [-0.25, -0.2) is 0 Å². The Kier molecular flexibility index (Phi) is 4.98. The van der Waals surface area contributed by atoms with E-state index in [1.54, 1.807) is 0 Å². The molecule has 1 saturated carbocycles. The summed E-state index contributed by atoms with van der Waals surface area (Å²) in [6.07, 6.45) is 4.27. The Morgan fingerprint density at radius 3 is 3.00 bits per heavy atom. The first-order chi connectivity index (χ1) is 7.81. The van der Waals surface area contributed by atoms with E-state index in [-0.39, 0.29) is 0 Å². The van der Waals surface area contributed by atoms with E-state index in [0.29, 0.717) is 0 Å². The minimum absolute atomic E-state index is 0.793. The van der Waals surface area contributed by atoms with Gasteiger partial charge >= 0.3 is 0 Å². The lowest BCUT2D eigenvalue weighted by molar-refractivity contribution is 0.183. The van der Waals surface area contributed by atoms with Crippen LogP contribution >= 0.6 is 11.8 Å². The molecule has 2 rings (SSSR count). The Morgan fingerprint density at radius 2 is 2.25 bits per heavy atom. The zero-order chi connectivity index (χ0) is 11.4. The topological polar surface area (TPSA) is 15.3 Å². The van der Waals surface area contributed by atoms with E-state index in [9.17, 15) is 0 Å². The lowest BCUT2D eigenvalue weighted by atomic mass is 10.0. The van der Waals surface area contributed by atoms with Gasteiger partial charge in [0.15, 0.2) is 0 Å². The summed E-state index contributed by atoms with van der Waals surface area (Å²) in [6, 6.07) is 1.59. The molecule has 3 unspecified atom stereocenters. The standard InChI is InChI=1S/C13H26N2S/c1-3-14-13-6-4-5-12(13)9-15-7-8-16-10-11(15)2/h11-14H,3-10H2,1-2H3. The summed E-state index contributed by atoms with van der Waals surface area (Å²) < 4.78 is 0. The van der Waals surface area contributed by atoms with Crippen molar-refractivity contribution in [1.29, 1.82) is 0 Å². The molecule has 1 saturated heterocycles. The molecular formula is C13H26N2S. The summed E-state index contributed by atoms with van der Waals surface area (Å²) >= 11 is 2.12. The number of nitrogens with zero attached hydrogens (tertiary/aromatic N) is 1. The summed E-state index contributed by atoms with van der Waals surface area (Å²) in [5.74, 6) is 3.58. The summed E-state index contributed by atoms with van der Waals surface area (Å²) in [7, 11) is 0. The van der Waals surface area contributed by atoms with Crippen molar-refractivity contribution in [3.8, 4) is 0 Å². The predicted octanol–water partition coefficient (Wildman–Crippen LogP) is 2.20. The molecule has 0 bridgehead atoms. The Labute approximate surface area is 105 Å². The molecule has 0 amide bonds. The molecule has 3 atom stereocenters. The lowest BCUT2D eigenvalue weighted by Gasteiger charge is -2.36. The van der Waals surface area contributed by atoms with Crippen LogP contribution in [-0.4, -0.2) is 48.1 Å². The molecule has 0 aromatic rings. The van der Waals surface area contributed by atoms with Gasteiger partial charge in [-0.1, -0.05) is 13.3 Å². The number of nitrogens with one attached hydrogen (secondary N) is 1. The van der Waals surface area contributed by atoms with Crippen molar-refractivity contribution in [1.82, 2.24) is 10.2 Å². The molecule has 1 aliphatic heterocycles. The van der Waals surface area contributed by atoms with Crippen molar-refractivity contribution in [3.63, 3.8) is 0 Å². The van der Waals surface area contributed by atoms with Crippen molar-refractivity contribution in [2.24, 2.45) is 5.92 Å². The molecule has 0 radical (unpaired) electrons. The van der Waals surface area contributed by atoms with Gasteiger partial charge in [-0.3, -0.25) is 4.90 Å². The fraction of sp³-hybridized carbons (Fsp3) is 1.00. The van der Waals surface area contributed by atoms with Gasteiger partial charge in [0.25, 0.3) is 0 Å². The second-order valence-electron chi connectivity index (χ2n) is 5.27. The molecule has 0 aromatic carbocycles. The van der Waals surface area contributed by atoms with Crippen LogP contribution in [-0.2, 0) is 0 Å². The third-order valence-corrected chi connectivity index (χ3v) is 5.29. The summed E-state index contributed by atoms with van der Waals surface area (Å²) in [5.41, 5.74) is 0. The zero-order valence-corrected chi connectivity index (χ0v) is 11.6. The first kappa shape index (κ1) is 12.7.